The monoisotopic (exact) mass is 248 g/mol. The summed E-state index contributed by atoms with van der Waals surface area (Å²) in [6, 6.07) is -0.179. The number of hydrogen-bond donors (Lipinski definition) is 2. The first-order chi connectivity index (χ1) is 7.65. The van der Waals surface area contributed by atoms with Crippen molar-refractivity contribution in [1.82, 2.24) is 5.32 Å². The van der Waals surface area contributed by atoms with Crippen molar-refractivity contribution in [2.45, 2.75) is 38.3 Å². The van der Waals surface area contributed by atoms with Crippen molar-refractivity contribution in [3.05, 3.63) is 0 Å². The molecule has 0 aliphatic heterocycles. The average Bonchev–Trinajstić information content (AvgIpc) is 2.28. The Morgan fingerprint density at radius 2 is 2.25 bits per heavy atom. The highest BCUT2D eigenvalue weighted by atomic mass is 32.2. The van der Waals surface area contributed by atoms with Gasteiger partial charge >= 0.3 is 0 Å². The fourth-order valence-corrected chi connectivity index (χ4v) is 2.07. The zero-order valence-electron chi connectivity index (χ0n) is 10.5. The van der Waals surface area contributed by atoms with Crippen LogP contribution >= 0.6 is 11.8 Å². The lowest BCUT2D eigenvalue weighted by Crippen LogP contribution is -2.46. The number of rotatable bonds is 9. The van der Waals surface area contributed by atoms with Gasteiger partial charge in [0.05, 0.1) is 6.04 Å². The van der Waals surface area contributed by atoms with Crippen molar-refractivity contribution in [1.29, 1.82) is 0 Å². The first-order valence-corrected chi connectivity index (χ1v) is 7.08. The van der Waals surface area contributed by atoms with Crippen molar-refractivity contribution in [3.63, 3.8) is 0 Å². The van der Waals surface area contributed by atoms with Gasteiger partial charge in [-0.2, -0.15) is 11.8 Å². The molecule has 3 N–H and O–H groups in total. The fraction of sp³-hybridized carbons (Fsp3) is 0.909. The number of carbonyl (C=O) groups is 1. The van der Waals surface area contributed by atoms with Crippen LogP contribution in [0.4, 0.5) is 0 Å². The Balaban J connectivity index is 3.83. The lowest BCUT2D eigenvalue weighted by molar-refractivity contribution is -0.123. The van der Waals surface area contributed by atoms with Crippen molar-refractivity contribution >= 4 is 17.7 Å². The van der Waals surface area contributed by atoms with Gasteiger partial charge in [0.25, 0.3) is 0 Å². The number of hydrogen-bond acceptors (Lipinski definition) is 4. The molecule has 16 heavy (non-hydrogen) atoms. The summed E-state index contributed by atoms with van der Waals surface area (Å²) in [7, 11) is 1.65. The molecule has 0 aliphatic carbocycles. The second-order valence-corrected chi connectivity index (χ2v) is 4.72. The number of thioether (sulfide) groups is 1. The molecule has 0 fully saturated rings. The van der Waals surface area contributed by atoms with Crippen LogP contribution in [0.2, 0.25) is 0 Å². The molecule has 4 nitrogen and oxygen atoms in total. The highest BCUT2D eigenvalue weighted by molar-refractivity contribution is 7.98. The number of carbonyl (C=O) groups excluding carboxylic acids is 1. The van der Waals surface area contributed by atoms with Gasteiger partial charge in [-0.1, -0.05) is 6.92 Å². The van der Waals surface area contributed by atoms with Crippen LogP contribution in [-0.4, -0.2) is 43.7 Å². The Bertz CT molecular complexity index is 191. The minimum absolute atomic E-state index is 0.0444. The second kappa shape index (κ2) is 9.93. The quantitative estimate of drug-likeness (QED) is 0.598. The van der Waals surface area contributed by atoms with E-state index in [-0.39, 0.29) is 11.9 Å². The van der Waals surface area contributed by atoms with Gasteiger partial charge in [-0.15, -0.1) is 0 Å². The number of nitrogens with one attached hydrogen (secondary N) is 1. The largest absolute Gasteiger partial charge is 0.385 e. The predicted octanol–water partition coefficient (Wildman–Crippen LogP) is 0.998. The van der Waals surface area contributed by atoms with E-state index in [0.29, 0.717) is 13.0 Å². The molecular formula is C11H24N2O2S. The van der Waals surface area contributed by atoms with E-state index in [2.05, 4.69) is 12.2 Å². The van der Waals surface area contributed by atoms with Crippen LogP contribution in [-0.2, 0) is 9.53 Å². The van der Waals surface area contributed by atoms with Gasteiger partial charge in [0.2, 0.25) is 5.91 Å². The third kappa shape index (κ3) is 7.09. The van der Waals surface area contributed by atoms with Crippen LogP contribution in [0.5, 0.6) is 0 Å². The third-order valence-electron chi connectivity index (χ3n) is 2.41. The van der Waals surface area contributed by atoms with Crippen LogP contribution < -0.4 is 11.1 Å². The second-order valence-electron chi connectivity index (χ2n) is 3.81. The highest BCUT2D eigenvalue weighted by Gasteiger charge is 2.16. The van der Waals surface area contributed by atoms with Gasteiger partial charge in [0.15, 0.2) is 0 Å². The number of amides is 1. The minimum Gasteiger partial charge on any atom is -0.385 e. The van der Waals surface area contributed by atoms with Gasteiger partial charge in [-0.3, -0.25) is 4.79 Å². The smallest absolute Gasteiger partial charge is 0.237 e. The van der Waals surface area contributed by atoms with E-state index in [1.807, 2.05) is 6.26 Å². The van der Waals surface area contributed by atoms with E-state index in [9.17, 15) is 4.79 Å². The number of ether oxygens (including phenoxy) is 1. The standard InChI is InChI=1S/C11H24N2O2S/c1-4-9(8-16-3)13-11(14)10(12)6-5-7-15-2/h9-10H,4-8,12H2,1-3H3,(H,13,14). The predicted molar refractivity (Wildman–Crippen MR) is 69.7 cm³/mol. The summed E-state index contributed by atoms with van der Waals surface area (Å²) >= 11 is 1.73. The van der Waals surface area contributed by atoms with Crippen LogP contribution in [0.25, 0.3) is 0 Å². The normalized spacial score (nSPS) is 14.5. The summed E-state index contributed by atoms with van der Waals surface area (Å²) in [5.74, 6) is 0.893. The molecule has 0 aliphatic rings. The Morgan fingerprint density at radius 1 is 1.56 bits per heavy atom. The minimum atomic E-state index is -0.411. The van der Waals surface area contributed by atoms with Crippen LogP contribution in [0.1, 0.15) is 26.2 Å². The molecule has 0 saturated heterocycles. The molecule has 0 aromatic rings. The van der Waals surface area contributed by atoms with E-state index in [1.165, 1.54) is 0 Å². The Hall–Kier alpha value is -0.260. The van der Waals surface area contributed by atoms with Crippen LogP contribution in [0, 0.1) is 0 Å². The third-order valence-corrected chi connectivity index (χ3v) is 3.14. The Morgan fingerprint density at radius 3 is 2.75 bits per heavy atom. The Kier molecular flexibility index (Phi) is 9.77. The summed E-state index contributed by atoms with van der Waals surface area (Å²) in [6.07, 6.45) is 4.48. The zero-order valence-corrected chi connectivity index (χ0v) is 11.3. The molecule has 0 rings (SSSR count). The lowest BCUT2D eigenvalue weighted by atomic mass is 10.1. The first-order valence-electron chi connectivity index (χ1n) is 5.69. The fourth-order valence-electron chi connectivity index (χ4n) is 1.35. The molecule has 0 radical (unpaired) electrons. The van der Waals surface area contributed by atoms with Gasteiger partial charge in [0, 0.05) is 25.5 Å². The van der Waals surface area contributed by atoms with Gasteiger partial charge in [-0.05, 0) is 25.5 Å². The maximum absolute atomic E-state index is 11.7. The van der Waals surface area contributed by atoms with E-state index < -0.39 is 6.04 Å². The first kappa shape index (κ1) is 15.7. The Labute approximate surface area is 103 Å². The SMILES string of the molecule is CCC(CSC)NC(=O)C(N)CCCOC. The lowest BCUT2D eigenvalue weighted by Gasteiger charge is -2.18. The molecule has 1 amide bonds. The van der Waals surface area contributed by atoms with Gasteiger partial charge < -0.3 is 15.8 Å². The summed E-state index contributed by atoms with van der Waals surface area (Å²) in [4.78, 5) is 11.7. The number of nitrogens with two attached hydrogens (primary N) is 1. The van der Waals surface area contributed by atoms with Gasteiger partial charge in [0.1, 0.15) is 0 Å². The molecule has 0 aromatic heterocycles. The summed E-state index contributed by atoms with van der Waals surface area (Å²) in [6.45, 7) is 2.72. The van der Waals surface area contributed by atoms with E-state index >= 15 is 0 Å². The molecule has 0 saturated carbocycles. The van der Waals surface area contributed by atoms with E-state index in [4.69, 9.17) is 10.5 Å². The van der Waals surface area contributed by atoms with Crippen molar-refractivity contribution in [2.75, 3.05) is 25.7 Å². The topological polar surface area (TPSA) is 64.4 Å². The molecule has 2 unspecified atom stereocenters. The summed E-state index contributed by atoms with van der Waals surface area (Å²) < 4.78 is 4.92. The van der Waals surface area contributed by atoms with Crippen LogP contribution in [0.3, 0.4) is 0 Å². The summed E-state index contributed by atoms with van der Waals surface area (Å²) in [5.41, 5.74) is 5.78. The van der Waals surface area contributed by atoms with Crippen molar-refractivity contribution in [3.8, 4) is 0 Å². The van der Waals surface area contributed by atoms with E-state index in [1.54, 1.807) is 18.9 Å². The molecule has 96 valence electrons. The molecule has 2 atom stereocenters. The van der Waals surface area contributed by atoms with Crippen molar-refractivity contribution < 1.29 is 9.53 Å². The van der Waals surface area contributed by atoms with E-state index in [0.717, 1.165) is 18.6 Å². The maximum Gasteiger partial charge on any atom is 0.237 e. The molecule has 0 spiro atoms. The number of methoxy groups -OCH3 is 1. The van der Waals surface area contributed by atoms with Gasteiger partial charge in [-0.25, -0.2) is 0 Å². The van der Waals surface area contributed by atoms with Crippen LogP contribution in [0.15, 0.2) is 0 Å². The molecule has 0 aromatic carbocycles. The molecule has 0 heterocycles. The molecule has 0 bridgehead atoms. The highest BCUT2D eigenvalue weighted by Crippen LogP contribution is 2.02. The van der Waals surface area contributed by atoms with Crippen molar-refractivity contribution in [2.24, 2.45) is 5.73 Å². The molecule has 5 heteroatoms. The maximum atomic E-state index is 11.7. The zero-order chi connectivity index (χ0) is 12.4. The average molecular weight is 248 g/mol. The summed E-state index contributed by atoms with van der Waals surface area (Å²) in [5, 5.41) is 2.97. The molecular weight excluding hydrogens is 224 g/mol.